The standard InChI is InChI=1S/C10H13BrN4S/c1-7-8(11)5-10(16-7)9-6-15(14-13-9)4-2-3-12/h5-6H,2-4,12H2,1H3. The van der Waals surface area contributed by atoms with Crippen LogP contribution in [0.1, 0.15) is 11.3 Å². The van der Waals surface area contributed by atoms with Crippen molar-refractivity contribution in [2.24, 2.45) is 5.73 Å². The lowest BCUT2D eigenvalue weighted by atomic mass is 10.3. The highest BCUT2D eigenvalue weighted by atomic mass is 79.9. The Morgan fingerprint density at radius 3 is 3.00 bits per heavy atom. The van der Waals surface area contributed by atoms with Crippen LogP contribution < -0.4 is 5.73 Å². The van der Waals surface area contributed by atoms with Gasteiger partial charge in [0.1, 0.15) is 5.69 Å². The molecule has 0 aliphatic carbocycles. The minimum atomic E-state index is 0.679. The van der Waals surface area contributed by atoms with Gasteiger partial charge < -0.3 is 5.73 Å². The Morgan fingerprint density at radius 2 is 2.38 bits per heavy atom. The van der Waals surface area contributed by atoms with E-state index in [0.29, 0.717) is 6.54 Å². The highest BCUT2D eigenvalue weighted by Crippen LogP contribution is 2.32. The lowest BCUT2D eigenvalue weighted by molar-refractivity contribution is 0.564. The van der Waals surface area contributed by atoms with E-state index in [1.54, 1.807) is 11.3 Å². The molecule has 2 N–H and O–H groups in total. The van der Waals surface area contributed by atoms with Crippen LogP contribution in [0.5, 0.6) is 0 Å². The summed E-state index contributed by atoms with van der Waals surface area (Å²) in [6.07, 6.45) is 2.89. The summed E-state index contributed by atoms with van der Waals surface area (Å²) in [4.78, 5) is 2.40. The number of aromatic nitrogens is 3. The lowest BCUT2D eigenvalue weighted by Crippen LogP contribution is -2.06. The molecule has 2 aromatic rings. The van der Waals surface area contributed by atoms with Crippen LogP contribution in [0.25, 0.3) is 10.6 Å². The largest absolute Gasteiger partial charge is 0.330 e. The van der Waals surface area contributed by atoms with Gasteiger partial charge in [-0.15, -0.1) is 16.4 Å². The molecule has 2 heterocycles. The average molecular weight is 301 g/mol. The first-order valence-corrected chi connectivity index (χ1v) is 6.68. The molecular weight excluding hydrogens is 288 g/mol. The van der Waals surface area contributed by atoms with Gasteiger partial charge in [0.05, 0.1) is 11.1 Å². The van der Waals surface area contributed by atoms with Crippen molar-refractivity contribution < 1.29 is 0 Å². The van der Waals surface area contributed by atoms with Crippen LogP contribution in [0, 0.1) is 6.92 Å². The van der Waals surface area contributed by atoms with Gasteiger partial charge in [-0.25, -0.2) is 0 Å². The van der Waals surface area contributed by atoms with Gasteiger partial charge in [-0.1, -0.05) is 5.21 Å². The van der Waals surface area contributed by atoms with E-state index >= 15 is 0 Å². The third-order valence-electron chi connectivity index (χ3n) is 2.24. The van der Waals surface area contributed by atoms with E-state index in [0.717, 1.165) is 28.0 Å². The monoisotopic (exact) mass is 300 g/mol. The normalized spacial score (nSPS) is 10.9. The zero-order valence-corrected chi connectivity index (χ0v) is 11.4. The van der Waals surface area contributed by atoms with E-state index in [1.807, 2.05) is 10.9 Å². The topological polar surface area (TPSA) is 56.7 Å². The van der Waals surface area contributed by atoms with Crippen LogP contribution in [-0.2, 0) is 6.54 Å². The molecule has 0 unspecified atom stereocenters. The van der Waals surface area contributed by atoms with Gasteiger partial charge in [-0.2, -0.15) is 0 Å². The second-order valence-corrected chi connectivity index (χ2v) is 5.63. The van der Waals surface area contributed by atoms with E-state index in [2.05, 4.69) is 39.2 Å². The Hall–Kier alpha value is -0.720. The van der Waals surface area contributed by atoms with Crippen molar-refractivity contribution in [3.05, 3.63) is 21.6 Å². The summed E-state index contributed by atoms with van der Waals surface area (Å²) in [5.74, 6) is 0. The number of halogens is 1. The molecule has 0 atom stereocenters. The van der Waals surface area contributed by atoms with E-state index in [1.165, 1.54) is 4.88 Å². The highest BCUT2D eigenvalue weighted by Gasteiger charge is 2.08. The molecule has 0 amide bonds. The molecule has 2 rings (SSSR count). The Balaban J connectivity index is 2.18. The van der Waals surface area contributed by atoms with Crippen molar-refractivity contribution in [3.63, 3.8) is 0 Å². The van der Waals surface area contributed by atoms with Crippen LogP contribution in [0.4, 0.5) is 0 Å². The fraction of sp³-hybridized carbons (Fsp3) is 0.400. The number of hydrogen-bond acceptors (Lipinski definition) is 4. The SMILES string of the molecule is Cc1sc(-c2cn(CCCN)nn2)cc1Br. The van der Waals surface area contributed by atoms with Crippen molar-refractivity contribution in [2.75, 3.05) is 6.54 Å². The van der Waals surface area contributed by atoms with Gasteiger partial charge >= 0.3 is 0 Å². The Bertz CT molecular complexity index is 457. The molecule has 0 spiro atoms. The molecule has 86 valence electrons. The molecular formula is C10H13BrN4S. The minimum Gasteiger partial charge on any atom is -0.330 e. The van der Waals surface area contributed by atoms with Gasteiger partial charge in [-0.05, 0) is 41.9 Å². The molecule has 0 bridgehead atoms. The van der Waals surface area contributed by atoms with Crippen LogP contribution >= 0.6 is 27.3 Å². The summed E-state index contributed by atoms with van der Waals surface area (Å²) >= 11 is 5.22. The molecule has 6 heteroatoms. The predicted molar refractivity (Wildman–Crippen MR) is 69.4 cm³/mol. The molecule has 0 fully saturated rings. The predicted octanol–water partition coefficient (Wildman–Crippen LogP) is 2.43. The third kappa shape index (κ3) is 2.50. The Labute approximate surface area is 107 Å². The summed E-state index contributed by atoms with van der Waals surface area (Å²) in [5, 5.41) is 8.23. The lowest BCUT2D eigenvalue weighted by Gasteiger charge is -1.95. The number of thiophene rings is 1. The number of nitrogens with two attached hydrogens (primary N) is 1. The zero-order chi connectivity index (χ0) is 11.5. The van der Waals surface area contributed by atoms with Crippen molar-refractivity contribution in [1.82, 2.24) is 15.0 Å². The third-order valence-corrected chi connectivity index (χ3v) is 4.40. The van der Waals surface area contributed by atoms with Crippen LogP contribution in [-0.4, -0.2) is 21.5 Å². The van der Waals surface area contributed by atoms with Crippen molar-refractivity contribution in [2.45, 2.75) is 19.9 Å². The van der Waals surface area contributed by atoms with Crippen molar-refractivity contribution >= 4 is 27.3 Å². The summed E-state index contributed by atoms with van der Waals surface area (Å²) in [5.41, 5.74) is 6.38. The second-order valence-electron chi connectivity index (χ2n) is 3.52. The summed E-state index contributed by atoms with van der Waals surface area (Å²) in [6, 6.07) is 2.08. The summed E-state index contributed by atoms with van der Waals surface area (Å²) in [7, 11) is 0. The summed E-state index contributed by atoms with van der Waals surface area (Å²) < 4.78 is 2.97. The van der Waals surface area contributed by atoms with Gasteiger partial charge in [-0.3, -0.25) is 4.68 Å². The molecule has 2 aromatic heterocycles. The molecule has 0 saturated heterocycles. The van der Waals surface area contributed by atoms with Crippen LogP contribution in [0.3, 0.4) is 0 Å². The molecule has 4 nitrogen and oxygen atoms in total. The fourth-order valence-corrected chi connectivity index (χ4v) is 2.84. The van der Waals surface area contributed by atoms with Crippen molar-refractivity contribution in [3.8, 4) is 10.6 Å². The number of aryl methyl sites for hydroxylation is 2. The smallest absolute Gasteiger partial charge is 0.123 e. The fourth-order valence-electron chi connectivity index (χ4n) is 1.36. The Morgan fingerprint density at radius 1 is 1.56 bits per heavy atom. The second kappa shape index (κ2) is 5.07. The molecule has 0 radical (unpaired) electrons. The summed E-state index contributed by atoms with van der Waals surface area (Å²) in [6.45, 7) is 3.59. The first-order chi connectivity index (χ1) is 7.70. The first-order valence-electron chi connectivity index (χ1n) is 5.07. The van der Waals surface area contributed by atoms with Crippen LogP contribution in [0.2, 0.25) is 0 Å². The quantitative estimate of drug-likeness (QED) is 0.943. The number of rotatable bonds is 4. The van der Waals surface area contributed by atoms with Gasteiger partial charge in [0.25, 0.3) is 0 Å². The minimum absolute atomic E-state index is 0.679. The van der Waals surface area contributed by atoms with E-state index in [4.69, 9.17) is 5.73 Å². The van der Waals surface area contributed by atoms with E-state index in [9.17, 15) is 0 Å². The van der Waals surface area contributed by atoms with Gasteiger partial charge in [0.15, 0.2) is 0 Å². The number of nitrogens with zero attached hydrogens (tertiary/aromatic N) is 3. The maximum Gasteiger partial charge on any atom is 0.123 e. The van der Waals surface area contributed by atoms with Gasteiger partial charge in [0, 0.05) is 15.9 Å². The zero-order valence-electron chi connectivity index (χ0n) is 8.98. The van der Waals surface area contributed by atoms with E-state index < -0.39 is 0 Å². The molecule has 16 heavy (non-hydrogen) atoms. The molecule has 0 aromatic carbocycles. The highest BCUT2D eigenvalue weighted by molar-refractivity contribution is 9.10. The molecule has 0 saturated carbocycles. The maximum absolute atomic E-state index is 5.45. The molecule has 0 aliphatic rings. The van der Waals surface area contributed by atoms with E-state index in [-0.39, 0.29) is 0 Å². The number of hydrogen-bond donors (Lipinski definition) is 1. The van der Waals surface area contributed by atoms with Gasteiger partial charge in [0.2, 0.25) is 0 Å². The van der Waals surface area contributed by atoms with Crippen molar-refractivity contribution in [1.29, 1.82) is 0 Å². The first kappa shape index (κ1) is 11.8. The van der Waals surface area contributed by atoms with Crippen LogP contribution in [0.15, 0.2) is 16.7 Å². The average Bonchev–Trinajstić information content (AvgIpc) is 2.84. The maximum atomic E-state index is 5.45. The molecule has 0 aliphatic heterocycles. The Kier molecular flexibility index (Phi) is 3.73.